The summed E-state index contributed by atoms with van der Waals surface area (Å²) in [6.07, 6.45) is 5.50. The smallest absolute Gasteiger partial charge is 0.236 e. The lowest BCUT2D eigenvalue weighted by molar-refractivity contribution is -0.126. The molecule has 1 amide bonds. The summed E-state index contributed by atoms with van der Waals surface area (Å²) < 4.78 is 0. The Morgan fingerprint density at radius 3 is 2.65 bits per heavy atom. The zero-order valence-corrected chi connectivity index (χ0v) is 9.73. The quantitative estimate of drug-likeness (QED) is 0.415. The van der Waals surface area contributed by atoms with Gasteiger partial charge in [0.2, 0.25) is 5.91 Å². The van der Waals surface area contributed by atoms with Crippen molar-refractivity contribution < 1.29 is 4.79 Å². The van der Waals surface area contributed by atoms with Crippen LogP contribution in [0.3, 0.4) is 0 Å². The molecule has 1 saturated carbocycles. The number of pyridine rings is 1. The van der Waals surface area contributed by atoms with E-state index in [1.807, 2.05) is 18.2 Å². The molecule has 1 aromatic rings. The maximum atomic E-state index is 11.4. The molecule has 5 heteroatoms. The van der Waals surface area contributed by atoms with Gasteiger partial charge in [-0.2, -0.15) is 0 Å². The lowest BCUT2D eigenvalue weighted by Crippen LogP contribution is -2.39. The number of aromatic nitrogens is 1. The van der Waals surface area contributed by atoms with Crippen LogP contribution in [0.1, 0.15) is 25.7 Å². The molecule has 0 saturated heterocycles. The fourth-order valence-electron chi connectivity index (χ4n) is 2.28. The number of nitrogens with two attached hydrogens (primary N) is 1. The SMILES string of the molecule is NNC(=O)C1CCC(Nc2ccccn2)CC1. The van der Waals surface area contributed by atoms with Gasteiger partial charge in [0, 0.05) is 18.2 Å². The highest BCUT2D eigenvalue weighted by Gasteiger charge is 2.25. The molecule has 2 rings (SSSR count). The average Bonchev–Trinajstić information content (AvgIpc) is 2.40. The lowest BCUT2D eigenvalue weighted by Gasteiger charge is -2.28. The second kappa shape index (κ2) is 5.63. The number of carbonyl (C=O) groups is 1. The third kappa shape index (κ3) is 3.17. The van der Waals surface area contributed by atoms with Crippen LogP contribution in [0.15, 0.2) is 24.4 Å². The van der Waals surface area contributed by atoms with Crippen LogP contribution in [0.2, 0.25) is 0 Å². The Kier molecular flexibility index (Phi) is 3.93. The first-order valence-electron chi connectivity index (χ1n) is 5.97. The third-order valence-corrected chi connectivity index (χ3v) is 3.26. The minimum absolute atomic E-state index is 0.0405. The van der Waals surface area contributed by atoms with Gasteiger partial charge in [0.15, 0.2) is 0 Å². The molecule has 5 nitrogen and oxygen atoms in total. The van der Waals surface area contributed by atoms with E-state index < -0.39 is 0 Å². The van der Waals surface area contributed by atoms with Gasteiger partial charge >= 0.3 is 0 Å². The van der Waals surface area contributed by atoms with E-state index in [-0.39, 0.29) is 11.8 Å². The molecule has 92 valence electrons. The van der Waals surface area contributed by atoms with Crippen molar-refractivity contribution in [1.29, 1.82) is 0 Å². The van der Waals surface area contributed by atoms with Gasteiger partial charge < -0.3 is 5.32 Å². The van der Waals surface area contributed by atoms with Crippen LogP contribution >= 0.6 is 0 Å². The van der Waals surface area contributed by atoms with Gasteiger partial charge in [0.1, 0.15) is 5.82 Å². The molecule has 1 heterocycles. The standard InChI is InChI=1S/C12H18N4O/c13-16-12(17)9-4-6-10(7-5-9)15-11-3-1-2-8-14-11/h1-3,8-10H,4-7,13H2,(H,14,15)(H,16,17). The van der Waals surface area contributed by atoms with Crippen molar-refractivity contribution in [3.63, 3.8) is 0 Å². The molecule has 0 bridgehead atoms. The first-order valence-corrected chi connectivity index (χ1v) is 5.97. The lowest BCUT2D eigenvalue weighted by atomic mass is 9.85. The highest BCUT2D eigenvalue weighted by Crippen LogP contribution is 2.26. The van der Waals surface area contributed by atoms with E-state index in [4.69, 9.17) is 5.84 Å². The number of hydrazine groups is 1. The highest BCUT2D eigenvalue weighted by atomic mass is 16.2. The first kappa shape index (κ1) is 11.9. The normalized spacial score (nSPS) is 24.1. The summed E-state index contributed by atoms with van der Waals surface area (Å²) in [6, 6.07) is 6.22. The third-order valence-electron chi connectivity index (χ3n) is 3.26. The van der Waals surface area contributed by atoms with Gasteiger partial charge in [-0.25, -0.2) is 10.8 Å². The van der Waals surface area contributed by atoms with E-state index in [9.17, 15) is 4.79 Å². The Hall–Kier alpha value is -1.62. The van der Waals surface area contributed by atoms with Crippen LogP contribution in [0, 0.1) is 5.92 Å². The second-order valence-electron chi connectivity index (χ2n) is 4.42. The van der Waals surface area contributed by atoms with Crippen LogP contribution < -0.4 is 16.6 Å². The summed E-state index contributed by atoms with van der Waals surface area (Å²) in [5.74, 6) is 6.07. The molecule has 1 fully saturated rings. The monoisotopic (exact) mass is 234 g/mol. The fraction of sp³-hybridized carbons (Fsp3) is 0.500. The minimum atomic E-state index is -0.0405. The second-order valence-corrected chi connectivity index (χ2v) is 4.42. The zero-order valence-electron chi connectivity index (χ0n) is 9.73. The van der Waals surface area contributed by atoms with Gasteiger partial charge in [-0.3, -0.25) is 10.2 Å². The van der Waals surface area contributed by atoms with Gasteiger partial charge in [-0.05, 0) is 37.8 Å². The van der Waals surface area contributed by atoms with E-state index in [1.165, 1.54) is 0 Å². The Labute approximate surface area is 101 Å². The number of carbonyl (C=O) groups excluding carboxylic acids is 1. The van der Waals surface area contributed by atoms with E-state index in [0.29, 0.717) is 6.04 Å². The van der Waals surface area contributed by atoms with Gasteiger partial charge in [-0.1, -0.05) is 6.07 Å². The fourth-order valence-corrected chi connectivity index (χ4v) is 2.28. The number of amides is 1. The van der Waals surface area contributed by atoms with Crippen molar-refractivity contribution in [1.82, 2.24) is 10.4 Å². The largest absolute Gasteiger partial charge is 0.367 e. The molecule has 0 spiro atoms. The molecule has 4 N–H and O–H groups in total. The van der Waals surface area contributed by atoms with Crippen molar-refractivity contribution >= 4 is 11.7 Å². The van der Waals surface area contributed by atoms with Gasteiger partial charge in [0.05, 0.1) is 0 Å². The summed E-state index contributed by atoms with van der Waals surface area (Å²) in [7, 11) is 0. The van der Waals surface area contributed by atoms with Crippen LogP contribution in [-0.2, 0) is 4.79 Å². The van der Waals surface area contributed by atoms with E-state index in [2.05, 4.69) is 15.7 Å². The molecular formula is C12H18N4O. The Morgan fingerprint density at radius 2 is 2.06 bits per heavy atom. The molecule has 1 aliphatic rings. The van der Waals surface area contributed by atoms with Crippen LogP contribution in [0.25, 0.3) is 0 Å². The summed E-state index contributed by atoms with van der Waals surface area (Å²) in [5.41, 5.74) is 2.23. The Balaban J connectivity index is 1.82. The molecule has 1 aliphatic carbocycles. The topological polar surface area (TPSA) is 80.0 Å². The molecule has 0 radical (unpaired) electrons. The maximum absolute atomic E-state index is 11.4. The Morgan fingerprint density at radius 1 is 1.29 bits per heavy atom. The number of rotatable bonds is 3. The zero-order chi connectivity index (χ0) is 12.1. The van der Waals surface area contributed by atoms with Crippen molar-refractivity contribution in [2.24, 2.45) is 11.8 Å². The van der Waals surface area contributed by atoms with Crippen molar-refractivity contribution in [3.8, 4) is 0 Å². The van der Waals surface area contributed by atoms with Crippen molar-refractivity contribution in [2.75, 3.05) is 5.32 Å². The molecular weight excluding hydrogens is 216 g/mol. The molecule has 0 aromatic carbocycles. The number of nitrogens with one attached hydrogen (secondary N) is 2. The summed E-state index contributed by atoms with van der Waals surface area (Å²) in [4.78, 5) is 15.6. The minimum Gasteiger partial charge on any atom is -0.367 e. The predicted molar refractivity (Wildman–Crippen MR) is 65.9 cm³/mol. The van der Waals surface area contributed by atoms with E-state index in [0.717, 1.165) is 31.5 Å². The molecule has 0 atom stereocenters. The Bertz CT molecular complexity index is 360. The van der Waals surface area contributed by atoms with E-state index in [1.54, 1.807) is 6.20 Å². The highest BCUT2D eigenvalue weighted by molar-refractivity contribution is 5.78. The molecule has 0 aliphatic heterocycles. The van der Waals surface area contributed by atoms with Crippen molar-refractivity contribution in [3.05, 3.63) is 24.4 Å². The van der Waals surface area contributed by atoms with Crippen LogP contribution in [0.4, 0.5) is 5.82 Å². The number of hydrogen-bond acceptors (Lipinski definition) is 4. The average molecular weight is 234 g/mol. The van der Waals surface area contributed by atoms with E-state index >= 15 is 0 Å². The summed E-state index contributed by atoms with van der Waals surface area (Å²) >= 11 is 0. The predicted octanol–water partition coefficient (Wildman–Crippen LogP) is 1.04. The summed E-state index contributed by atoms with van der Waals surface area (Å²) in [6.45, 7) is 0. The number of hydrogen-bond donors (Lipinski definition) is 3. The number of nitrogens with zero attached hydrogens (tertiary/aromatic N) is 1. The molecule has 1 aromatic heterocycles. The van der Waals surface area contributed by atoms with Gasteiger partial charge in [-0.15, -0.1) is 0 Å². The molecule has 0 unspecified atom stereocenters. The van der Waals surface area contributed by atoms with Crippen LogP contribution in [0.5, 0.6) is 0 Å². The van der Waals surface area contributed by atoms with Crippen LogP contribution in [-0.4, -0.2) is 16.9 Å². The maximum Gasteiger partial charge on any atom is 0.236 e. The van der Waals surface area contributed by atoms with Crippen molar-refractivity contribution in [2.45, 2.75) is 31.7 Å². The number of anilines is 1. The first-order chi connectivity index (χ1) is 8.29. The summed E-state index contributed by atoms with van der Waals surface area (Å²) in [5, 5.41) is 3.38. The van der Waals surface area contributed by atoms with Gasteiger partial charge in [0.25, 0.3) is 0 Å². The molecule has 17 heavy (non-hydrogen) atoms.